The summed E-state index contributed by atoms with van der Waals surface area (Å²) in [6, 6.07) is 9.37. The van der Waals surface area contributed by atoms with Crippen LogP contribution in [0.4, 0.5) is 8.78 Å². The summed E-state index contributed by atoms with van der Waals surface area (Å²) in [6.45, 7) is 2.23. The number of likely N-dealkylation sites (tertiary alicyclic amines) is 1. The lowest BCUT2D eigenvalue weighted by Crippen LogP contribution is -2.51. The van der Waals surface area contributed by atoms with E-state index in [1.54, 1.807) is 25.1 Å². The van der Waals surface area contributed by atoms with Crippen LogP contribution in [-0.2, 0) is 20.7 Å². The molecule has 0 spiro atoms. The van der Waals surface area contributed by atoms with E-state index in [4.69, 9.17) is 9.47 Å². The van der Waals surface area contributed by atoms with E-state index in [0.717, 1.165) is 12.1 Å². The lowest BCUT2D eigenvalue weighted by molar-refractivity contribution is -0.158. The Morgan fingerprint density at radius 3 is 2.53 bits per heavy atom. The molecule has 0 aromatic heterocycles. The predicted molar refractivity (Wildman–Crippen MR) is 112 cm³/mol. The number of hydrogen-bond donors (Lipinski definition) is 0. The molecule has 1 aliphatic rings. The van der Waals surface area contributed by atoms with Crippen molar-refractivity contribution in [2.75, 3.05) is 26.8 Å². The van der Waals surface area contributed by atoms with Crippen molar-refractivity contribution in [1.82, 2.24) is 4.90 Å². The van der Waals surface area contributed by atoms with Crippen molar-refractivity contribution in [3.05, 3.63) is 70.8 Å². The average molecular weight is 445 g/mol. The number of benzene rings is 2. The largest absolute Gasteiger partial charge is 0.466 e. The molecule has 0 unspecified atom stereocenters. The molecule has 1 fully saturated rings. The molecule has 2 aromatic carbocycles. The van der Waals surface area contributed by atoms with Crippen molar-refractivity contribution in [3.8, 4) is 0 Å². The summed E-state index contributed by atoms with van der Waals surface area (Å²) < 4.78 is 37.7. The van der Waals surface area contributed by atoms with Gasteiger partial charge in [0.25, 0.3) is 5.91 Å². The lowest BCUT2D eigenvalue weighted by atomic mass is 9.74. The van der Waals surface area contributed by atoms with Gasteiger partial charge in [-0.25, -0.2) is 13.6 Å². The molecule has 0 aliphatic carbocycles. The standard InChI is InChI=1S/C24H25F2NO5/c1-3-32-23(30)24(14-18-8-9-19(25)13-20(18)26)10-5-11-27(15-24)21(28)16-6-4-7-17(12-16)22(29)31-2/h4,6-9,12-13H,3,5,10-11,14-15H2,1-2H3/t24-/m0/s1. The normalized spacial score (nSPS) is 18.2. The number of methoxy groups -OCH3 is 1. The van der Waals surface area contributed by atoms with Crippen molar-refractivity contribution in [2.24, 2.45) is 5.41 Å². The summed E-state index contributed by atoms with van der Waals surface area (Å²) in [4.78, 5) is 39.5. The maximum absolute atomic E-state index is 14.4. The zero-order chi connectivity index (χ0) is 23.3. The van der Waals surface area contributed by atoms with Crippen LogP contribution < -0.4 is 0 Å². The van der Waals surface area contributed by atoms with E-state index in [-0.39, 0.29) is 42.2 Å². The van der Waals surface area contributed by atoms with Crippen molar-refractivity contribution < 1.29 is 32.6 Å². The highest BCUT2D eigenvalue weighted by atomic mass is 19.1. The number of ether oxygens (including phenoxy) is 2. The quantitative estimate of drug-likeness (QED) is 0.633. The molecule has 8 heteroatoms. The topological polar surface area (TPSA) is 72.9 Å². The van der Waals surface area contributed by atoms with Gasteiger partial charge in [-0.2, -0.15) is 0 Å². The van der Waals surface area contributed by atoms with Gasteiger partial charge in [-0.1, -0.05) is 12.1 Å². The number of nitrogens with zero attached hydrogens (tertiary/aromatic N) is 1. The molecule has 0 N–H and O–H groups in total. The molecule has 3 rings (SSSR count). The molecular formula is C24H25F2NO5. The van der Waals surface area contributed by atoms with Crippen LogP contribution in [0.15, 0.2) is 42.5 Å². The highest BCUT2D eigenvalue weighted by Crippen LogP contribution is 2.36. The van der Waals surface area contributed by atoms with E-state index in [1.165, 1.54) is 24.1 Å². The first-order chi connectivity index (χ1) is 15.3. The zero-order valence-electron chi connectivity index (χ0n) is 18.0. The molecule has 2 aromatic rings. The van der Waals surface area contributed by atoms with Crippen LogP contribution in [-0.4, -0.2) is 49.6 Å². The number of carbonyl (C=O) groups is 3. The van der Waals surface area contributed by atoms with Crippen LogP contribution in [0.1, 0.15) is 46.0 Å². The van der Waals surface area contributed by atoms with Gasteiger partial charge < -0.3 is 14.4 Å². The number of piperidine rings is 1. The van der Waals surface area contributed by atoms with Crippen LogP contribution in [0, 0.1) is 17.0 Å². The first-order valence-corrected chi connectivity index (χ1v) is 10.4. The molecule has 170 valence electrons. The van der Waals surface area contributed by atoms with Crippen LogP contribution in [0.25, 0.3) is 0 Å². The molecule has 0 radical (unpaired) electrons. The molecule has 6 nitrogen and oxygen atoms in total. The van der Waals surface area contributed by atoms with E-state index in [0.29, 0.717) is 19.4 Å². The molecule has 1 amide bonds. The van der Waals surface area contributed by atoms with Gasteiger partial charge in [0.1, 0.15) is 11.6 Å². The summed E-state index contributed by atoms with van der Waals surface area (Å²) in [5.41, 5.74) is -0.468. The Morgan fingerprint density at radius 1 is 1.09 bits per heavy atom. The number of halogens is 2. The summed E-state index contributed by atoms with van der Waals surface area (Å²) in [5, 5.41) is 0. The Morgan fingerprint density at radius 2 is 1.84 bits per heavy atom. The highest BCUT2D eigenvalue weighted by Gasteiger charge is 2.45. The number of esters is 2. The summed E-state index contributed by atoms with van der Waals surface area (Å²) in [7, 11) is 1.25. The van der Waals surface area contributed by atoms with Crippen LogP contribution >= 0.6 is 0 Å². The van der Waals surface area contributed by atoms with E-state index in [9.17, 15) is 23.2 Å². The second-order valence-electron chi connectivity index (χ2n) is 7.82. The second-order valence-corrected chi connectivity index (χ2v) is 7.82. The third-order valence-electron chi connectivity index (χ3n) is 5.65. The number of carbonyl (C=O) groups excluding carboxylic acids is 3. The SMILES string of the molecule is CCOC(=O)[C@]1(Cc2ccc(F)cc2F)CCCN(C(=O)c2cccc(C(=O)OC)c2)C1. The minimum Gasteiger partial charge on any atom is -0.466 e. The van der Waals surface area contributed by atoms with Crippen LogP contribution in [0.3, 0.4) is 0 Å². The first kappa shape index (κ1) is 23.4. The molecule has 1 saturated heterocycles. The summed E-state index contributed by atoms with van der Waals surface area (Å²) >= 11 is 0. The van der Waals surface area contributed by atoms with Crippen LogP contribution in [0.5, 0.6) is 0 Å². The zero-order valence-corrected chi connectivity index (χ0v) is 18.0. The number of amides is 1. The molecule has 1 aliphatic heterocycles. The Hall–Kier alpha value is -3.29. The fraction of sp³-hybridized carbons (Fsp3) is 0.375. The smallest absolute Gasteiger partial charge is 0.337 e. The molecule has 1 heterocycles. The minimum atomic E-state index is -1.16. The van der Waals surface area contributed by atoms with Gasteiger partial charge in [-0.05, 0) is 56.0 Å². The fourth-order valence-corrected chi connectivity index (χ4v) is 4.08. The van der Waals surface area contributed by atoms with E-state index in [1.807, 2.05) is 0 Å². The van der Waals surface area contributed by atoms with Gasteiger partial charge in [0.2, 0.25) is 0 Å². The highest BCUT2D eigenvalue weighted by molar-refractivity contribution is 5.98. The second kappa shape index (κ2) is 9.89. The van der Waals surface area contributed by atoms with Gasteiger partial charge in [0, 0.05) is 24.7 Å². The third-order valence-corrected chi connectivity index (χ3v) is 5.65. The Kier molecular flexibility index (Phi) is 7.22. The minimum absolute atomic E-state index is 0.0178. The van der Waals surface area contributed by atoms with Crippen molar-refractivity contribution >= 4 is 17.8 Å². The molecule has 1 atom stereocenters. The fourth-order valence-electron chi connectivity index (χ4n) is 4.08. The Labute approximate surface area is 185 Å². The van der Waals surface area contributed by atoms with Gasteiger partial charge >= 0.3 is 11.9 Å². The average Bonchev–Trinajstić information content (AvgIpc) is 2.80. The van der Waals surface area contributed by atoms with Crippen molar-refractivity contribution in [1.29, 1.82) is 0 Å². The van der Waals surface area contributed by atoms with Gasteiger partial charge in [0.15, 0.2) is 0 Å². The molecular weight excluding hydrogens is 420 g/mol. The summed E-state index contributed by atoms with van der Waals surface area (Å²) in [5.74, 6) is -2.90. The monoisotopic (exact) mass is 445 g/mol. The maximum Gasteiger partial charge on any atom is 0.337 e. The van der Waals surface area contributed by atoms with Crippen LogP contribution in [0.2, 0.25) is 0 Å². The maximum atomic E-state index is 14.4. The van der Waals surface area contributed by atoms with Crippen molar-refractivity contribution in [3.63, 3.8) is 0 Å². The molecule has 0 saturated carbocycles. The number of hydrogen-bond acceptors (Lipinski definition) is 5. The van der Waals surface area contributed by atoms with Crippen molar-refractivity contribution in [2.45, 2.75) is 26.2 Å². The summed E-state index contributed by atoms with van der Waals surface area (Å²) in [6.07, 6.45) is 0.878. The Bertz CT molecular complexity index is 1030. The van der Waals surface area contributed by atoms with E-state index < -0.39 is 29.0 Å². The van der Waals surface area contributed by atoms with E-state index in [2.05, 4.69) is 0 Å². The van der Waals surface area contributed by atoms with Gasteiger partial charge in [-0.3, -0.25) is 9.59 Å². The van der Waals surface area contributed by atoms with Gasteiger partial charge in [-0.15, -0.1) is 0 Å². The lowest BCUT2D eigenvalue weighted by Gasteiger charge is -2.41. The first-order valence-electron chi connectivity index (χ1n) is 10.4. The predicted octanol–water partition coefficient (Wildman–Crippen LogP) is 3.78. The Balaban J connectivity index is 1.90. The number of rotatable bonds is 6. The third kappa shape index (κ3) is 4.95. The van der Waals surface area contributed by atoms with Gasteiger partial charge in [0.05, 0.1) is 24.7 Å². The molecule has 32 heavy (non-hydrogen) atoms. The molecule has 0 bridgehead atoms. The van der Waals surface area contributed by atoms with E-state index >= 15 is 0 Å².